The molecule has 1 saturated heterocycles. The summed E-state index contributed by atoms with van der Waals surface area (Å²) >= 11 is 0. The van der Waals surface area contributed by atoms with Gasteiger partial charge in [0.15, 0.2) is 0 Å². The standard InChI is InChI=1S/C8H16N2/c1-9-5-8-3-6-2-7(6)4-10-8/h6-10H,2-5H2,1H3/t6?,7-,8-/m0/s1. The Balaban J connectivity index is 1.77. The van der Waals surface area contributed by atoms with Gasteiger partial charge in [-0.2, -0.15) is 0 Å². The van der Waals surface area contributed by atoms with Crippen molar-refractivity contribution in [1.29, 1.82) is 0 Å². The first kappa shape index (κ1) is 6.62. The Bertz CT molecular complexity index is 124. The molecule has 0 spiro atoms. The van der Waals surface area contributed by atoms with Crippen LogP contribution in [0.25, 0.3) is 0 Å². The number of fused-ring (bicyclic) bond motifs is 1. The Hall–Kier alpha value is -0.0800. The lowest BCUT2D eigenvalue weighted by atomic mass is 10.1. The second kappa shape index (κ2) is 2.51. The third-order valence-electron chi connectivity index (χ3n) is 2.78. The van der Waals surface area contributed by atoms with Gasteiger partial charge < -0.3 is 10.6 Å². The smallest absolute Gasteiger partial charge is 0.0195 e. The third kappa shape index (κ3) is 1.18. The second-order valence-corrected chi connectivity index (χ2v) is 3.65. The predicted octanol–water partition coefficient (Wildman–Crippen LogP) is 0.204. The summed E-state index contributed by atoms with van der Waals surface area (Å²) in [4.78, 5) is 0. The van der Waals surface area contributed by atoms with Gasteiger partial charge in [-0.1, -0.05) is 0 Å². The van der Waals surface area contributed by atoms with Crippen molar-refractivity contribution < 1.29 is 0 Å². The summed E-state index contributed by atoms with van der Waals surface area (Å²) in [5.41, 5.74) is 0. The van der Waals surface area contributed by atoms with Crippen LogP contribution in [0.1, 0.15) is 12.8 Å². The first-order chi connectivity index (χ1) is 4.90. The van der Waals surface area contributed by atoms with Crippen molar-refractivity contribution in [1.82, 2.24) is 10.6 Å². The fourth-order valence-electron chi connectivity index (χ4n) is 2.02. The lowest BCUT2D eigenvalue weighted by Gasteiger charge is -2.22. The van der Waals surface area contributed by atoms with Crippen molar-refractivity contribution in [2.24, 2.45) is 11.8 Å². The Morgan fingerprint density at radius 1 is 1.40 bits per heavy atom. The summed E-state index contributed by atoms with van der Waals surface area (Å²) < 4.78 is 0. The molecule has 0 aromatic carbocycles. The van der Waals surface area contributed by atoms with Crippen LogP contribution in [0.3, 0.4) is 0 Å². The van der Waals surface area contributed by atoms with Crippen molar-refractivity contribution in [3.05, 3.63) is 0 Å². The largest absolute Gasteiger partial charge is 0.318 e. The third-order valence-corrected chi connectivity index (χ3v) is 2.78. The van der Waals surface area contributed by atoms with Gasteiger partial charge in [0.25, 0.3) is 0 Å². The van der Waals surface area contributed by atoms with E-state index in [0.29, 0.717) is 0 Å². The minimum absolute atomic E-state index is 0.758. The Labute approximate surface area is 62.4 Å². The number of piperidine rings is 1. The van der Waals surface area contributed by atoms with E-state index in [2.05, 4.69) is 10.6 Å². The zero-order chi connectivity index (χ0) is 6.97. The van der Waals surface area contributed by atoms with Crippen LogP contribution in [0.4, 0.5) is 0 Å². The van der Waals surface area contributed by atoms with E-state index in [4.69, 9.17) is 0 Å². The molecule has 1 heterocycles. The van der Waals surface area contributed by atoms with E-state index in [1.165, 1.54) is 19.4 Å². The topological polar surface area (TPSA) is 24.1 Å². The molecule has 2 N–H and O–H groups in total. The molecule has 1 unspecified atom stereocenters. The normalized spacial score (nSPS) is 44.7. The molecule has 0 aromatic rings. The molecule has 2 nitrogen and oxygen atoms in total. The monoisotopic (exact) mass is 140 g/mol. The van der Waals surface area contributed by atoms with Crippen LogP contribution in [0.15, 0.2) is 0 Å². The van der Waals surface area contributed by atoms with Crippen molar-refractivity contribution in [2.75, 3.05) is 20.1 Å². The summed E-state index contributed by atoms with van der Waals surface area (Å²) in [6, 6.07) is 0.758. The lowest BCUT2D eigenvalue weighted by Crippen LogP contribution is -2.41. The van der Waals surface area contributed by atoms with Crippen LogP contribution >= 0.6 is 0 Å². The van der Waals surface area contributed by atoms with Gasteiger partial charge in [0.05, 0.1) is 0 Å². The minimum atomic E-state index is 0.758. The quantitative estimate of drug-likeness (QED) is 0.572. The van der Waals surface area contributed by atoms with Crippen LogP contribution in [-0.2, 0) is 0 Å². The van der Waals surface area contributed by atoms with Gasteiger partial charge in [0.2, 0.25) is 0 Å². The van der Waals surface area contributed by atoms with Crippen LogP contribution in [0.2, 0.25) is 0 Å². The molecule has 2 aliphatic rings. The summed E-state index contributed by atoms with van der Waals surface area (Å²) in [5, 5.41) is 6.76. The van der Waals surface area contributed by atoms with Gasteiger partial charge in [-0.15, -0.1) is 0 Å². The highest BCUT2D eigenvalue weighted by Gasteiger charge is 2.41. The predicted molar refractivity (Wildman–Crippen MR) is 41.9 cm³/mol. The highest BCUT2D eigenvalue weighted by atomic mass is 15.0. The molecule has 3 atom stereocenters. The Morgan fingerprint density at radius 2 is 2.30 bits per heavy atom. The molecule has 2 fully saturated rings. The second-order valence-electron chi connectivity index (χ2n) is 3.65. The molecule has 2 rings (SSSR count). The maximum atomic E-state index is 3.55. The summed E-state index contributed by atoms with van der Waals surface area (Å²) in [7, 11) is 2.03. The fourth-order valence-corrected chi connectivity index (χ4v) is 2.02. The summed E-state index contributed by atoms with van der Waals surface area (Å²) in [6.07, 6.45) is 2.90. The molecule has 0 aromatic heterocycles. The fraction of sp³-hybridized carbons (Fsp3) is 1.00. The van der Waals surface area contributed by atoms with E-state index in [-0.39, 0.29) is 0 Å². The molecule has 0 bridgehead atoms. The molecule has 2 heteroatoms. The van der Waals surface area contributed by atoms with Crippen molar-refractivity contribution in [3.8, 4) is 0 Å². The van der Waals surface area contributed by atoms with Crippen LogP contribution in [0, 0.1) is 11.8 Å². The van der Waals surface area contributed by atoms with Gasteiger partial charge in [-0.25, -0.2) is 0 Å². The average molecular weight is 140 g/mol. The van der Waals surface area contributed by atoms with Crippen molar-refractivity contribution in [3.63, 3.8) is 0 Å². The highest BCUT2D eigenvalue weighted by molar-refractivity contribution is 4.96. The van der Waals surface area contributed by atoms with Gasteiger partial charge in [0, 0.05) is 12.6 Å². The lowest BCUT2D eigenvalue weighted by molar-refractivity contribution is 0.377. The van der Waals surface area contributed by atoms with Gasteiger partial charge >= 0.3 is 0 Å². The maximum absolute atomic E-state index is 3.55. The molecule has 0 radical (unpaired) electrons. The van der Waals surface area contributed by atoms with Crippen molar-refractivity contribution in [2.45, 2.75) is 18.9 Å². The SMILES string of the molecule is CNC[C@@H]1CC2C[C@H]2CN1. The summed E-state index contributed by atoms with van der Waals surface area (Å²) in [6.45, 7) is 2.42. The maximum Gasteiger partial charge on any atom is 0.0195 e. The van der Waals surface area contributed by atoms with E-state index < -0.39 is 0 Å². The van der Waals surface area contributed by atoms with E-state index in [1.54, 1.807) is 0 Å². The number of hydrogen-bond acceptors (Lipinski definition) is 2. The molecular formula is C8H16N2. The summed E-state index contributed by atoms with van der Waals surface area (Å²) in [5.74, 6) is 2.13. The first-order valence-electron chi connectivity index (χ1n) is 4.28. The average Bonchev–Trinajstić information content (AvgIpc) is 2.66. The molecule has 58 valence electrons. The van der Waals surface area contributed by atoms with E-state index in [0.717, 1.165) is 24.4 Å². The molecule has 1 aliphatic carbocycles. The van der Waals surface area contributed by atoms with Crippen molar-refractivity contribution >= 4 is 0 Å². The van der Waals surface area contributed by atoms with Crippen LogP contribution in [0.5, 0.6) is 0 Å². The van der Waals surface area contributed by atoms with E-state index >= 15 is 0 Å². The zero-order valence-electron chi connectivity index (χ0n) is 6.56. The Morgan fingerprint density at radius 3 is 3.00 bits per heavy atom. The minimum Gasteiger partial charge on any atom is -0.318 e. The van der Waals surface area contributed by atoms with Gasteiger partial charge in [0.1, 0.15) is 0 Å². The molecule has 10 heavy (non-hydrogen) atoms. The highest BCUT2D eigenvalue weighted by Crippen LogP contribution is 2.43. The van der Waals surface area contributed by atoms with E-state index in [9.17, 15) is 0 Å². The number of nitrogens with one attached hydrogen (secondary N) is 2. The van der Waals surface area contributed by atoms with Gasteiger partial charge in [-0.05, 0) is 38.3 Å². The number of rotatable bonds is 2. The first-order valence-corrected chi connectivity index (χ1v) is 4.28. The number of hydrogen-bond donors (Lipinski definition) is 2. The Kier molecular flexibility index (Phi) is 1.66. The molecular weight excluding hydrogens is 124 g/mol. The molecule has 1 saturated carbocycles. The number of likely N-dealkylation sites (N-methyl/N-ethyl adjacent to an activating group) is 1. The zero-order valence-corrected chi connectivity index (χ0v) is 6.56. The molecule has 0 amide bonds. The van der Waals surface area contributed by atoms with Gasteiger partial charge in [-0.3, -0.25) is 0 Å². The van der Waals surface area contributed by atoms with Crippen LogP contribution in [-0.4, -0.2) is 26.2 Å². The van der Waals surface area contributed by atoms with E-state index in [1.807, 2.05) is 7.05 Å². The molecule has 1 aliphatic heterocycles. The van der Waals surface area contributed by atoms with Crippen LogP contribution < -0.4 is 10.6 Å².